The summed E-state index contributed by atoms with van der Waals surface area (Å²) in [7, 11) is 0. The van der Waals surface area contributed by atoms with Gasteiger partial charge in [0.2, 0.25) is 0 Å². The summed E-state index contributed by atoms with van der Waals surface area (Å²) in [6, 6.07) is 14.8. The van der Waals surface area contributed by atoms with E-state index in [0.717, 1.165) is 24.4 Å². The van der Waals surface area contributed by atoms with E-state index in [0.29, 0.717) is 6.54 Å². The van der Waals surface area contributed by atoms with Gasteiger partial charge in [-0.05, 0) is 61.2 Å². The number of nitrogens with zero attached hydrogens (tertiary/aromatic N) is 1. The van der Waals surface area contributed by atoms with Crippen molar-refractivity contribution in [2.75, 3.05) is 18.0 Å². The molecule has 2 nitrogen and oxygen atoms in total. The minimum Gasteiger partial charge on any atom is -0.341 e. The fraction of sp³-hybridized carbons (Fsp3) is 0.294. The highest BCUT2D eigenvalue weighted by atomic mass is 35.5. The second-order valence-electron chi connectivity index (χ2n) is 5.20. The van der Waals surface area contributed by atoms with Crippen molar-refractivity contribution < 1.29 is 0 Å². The Morgan fingerprint density at radius 1 is 1.10 bits per heavy atom. The van der Waals surface area contributed by atoms with E-state index in [4.69, 9.17) is 17.3 Å². The minimum absolute atomic E-state index is 0.642. The lowest BCUT2D eigenvalue weighted by Gasteiger charge is -2.33. The molecule has 20 heavy (non-hydrogen) atoms. The standard InChI is InChI=1S/C17H19ClN2/c18-15-7-8-17(14(12-15)9-10-19)20-11-3-5-13-4-1-2-6-16(13)20/h1-2,4,6-8,12H,3,5,9-11,19H2. The van der Waals surface area contributed by atoms with Crippen molar-refractivity contribution in [3.05, 3.63) is 58.6 Å². The molecule has 2 N–H and O–H groups in total. The summed E-state index contributed by atoms with van der Waals surface area (Å²) in [4.78, 5) is 2.40. The summed E-state index contributed by atoms with van der Waals surface area (Å²) >= 11 is 6.13. The van der Waals surface area contributed by atoms with Crippen LogP contribution in [-0.2, 0) is 12.8 Å². The molecule has 0 fully saturated rings. The predicted octanol–water partition coefficient (Wildman–Crippen LogP) is 3.93. The maximum atomic E-state index is 6.13. The third-order valence-corrected chi connectivity index (χ3v) is 4.09. The number of benzene rings is 2. The van der Waals surface area contributed by atoms with E-state index < -0.39 is 0 Å². The summed E-state index contributed by atoms with van der Waals surface area (Å²) in [6.07, 6.45) is 3.20. The first-order valence-corrected chi connectivity index (χ1v) is 7.51. The van der Waals surface area contributed by atoms with Gasteiger partial charge in [0.25, 0.3) is 0 Å². The molecule has 0 bridgehead atoms. The summed E-state index contributed by atoms with van der Waals surface area (Å²) in [5, 5.41) is 0.780. The molecule has 2 aromatic carbocycles. The minimum atomic E-state index is 0.642. The predicted molar refractivity (Wildman–Crippen MR) is 86.0 cm³/mol. The Labute approximate surface area is 125 Å². The first kappa shape index (κ1) is 13.5. The van der Waals surface area contributed by atoms with Crippen LogP contribution < -0.4 is 10.6 Å². The van der Waals surface area contributed by atoms with E-state index in [9.17, 15) is 0 Å². The molecule has 0 amide bonds. The van der Waals surface area contributed by atoms with E-state index >= 15 is 0 Å². The number of hydrogen-bond donors (Lipinski definition) is 1. The van der Waals surface area contributed by atoms with Gasteiger partial charge in [-0.3, -0.25) is 0 Å². The van der Waals surface area contributed by atoms with E-state index in [2.05, 4.69) is 35.2 Å². The first-order valence-electron chi connectivity index (χ1n) is 7.13. The zero-order valence-electron chi connectivity index (χ0n) is 11.5. The van der Waals surface area contributed by atoms with Crippen molar-refractivity contribution in [3.8, 4) is 0 Å². The summed E-state index contributed by atoms with van der Waals surface area (Å²) in [5.41, 5.74) is 11.0. The van der Waals surface area contributed by atoms with Gasteiger partial charge >= 0.3 is 0 Å². The summed E-state index contributed by atoms with van der Waals surface area (Å²) in [6.45, 7) is 1.69. The smallest absolute Gasteiger partial charge is 0.0444 e. The second-order valence-corrected chi connectivity index (χ2v) is 5.63. The van der Waals surface area contributed by atoms with E-state index in [1.54, 1.807) is 0 Å². The lowest BCUT2D eigenvalue weighted by molar-refractivity contribution is 0.763. The van der Waals surface area contributed by atoms with Crippen LogP contribution in [0.3, 0.4) is 0 Å². The summed E-state index contributed by atoms with van der Waals surface area (Å²) in [5.74, 6) is 0. The van der Waals surface area contributed by atoms with Crippen LogP contribution in [-0.4, -0.2) is 13.1 Å². The van der Waals surface area contributed by atoms with Crippen LogP contribution in [0.15, 0.2) is 42.5 Å². The normalized spacial score (nSPS) is 14.2. The molecule has 0 unspecified atom stereocenters. The van der Waals surface area contributed by atoms with Gasteiger partial charge in [-0.1, -0.05) is 29.8 Å². The van der Waals surface area contributed by atoms with Crippen molar-refractivity contribution in [3.63, 3.8) is 0 Å². The van der Waals surface area contributed by atoms with Crippen LogP contribution in [0.2, 0.25) is 5.02 Å². The molecule has 0 atom stereocenters. The number of anilines is 2. The monoisotopic (exact) mass is 286 g/mol. The van der Waals surface area contributed by atoms with Gasteiger partial charge in [-0.2, -0.15) is 0 Å². The highest BCUT2D eigenvalue weighted by Gasteiger charge is 2.19. The molecule has 0 radical (unpaired) electrons. The average Bonchev–Trinajstić information content (AvgIpc) is 2.47. The van der Waals surface area contributed by atoms with Gasteiger partial charge in [0.05, 0.1) is 0 Å². The second kappa shape index (κ2) is 5.86. The van der Waals surface area contributed by atoms with Crippen molar-refractivity contribution in [1.29, 1.82) is 0 Å². The van der Waals surface area contributed by atoms with Crippen molar-refractivity contribution in [1.82, 2.24) is 0 Å². The van der Waals surface area contributed by atoms with E-state index in [1.165, 1.54) is 28.9 Å². The number of fused-ring (bicyclic) bond motifs is 1. The molecule has 104 valence electrons. The van der Waals surface area contributed by atoms with Crippen molar-refractivity contribution >= 4 is 23.0 Å². The van der Waals surface area contributed by atoms with Crippen LogP contribution >= 0.6 is 11.6 Å². The fourth-order valence-corrected chi connectivity index (χ4v) is 3.15. The third-order valence-electron chi connectivity index (χ3n) is 3.86. The fourth-order valence-electron chi connectivity index (χ4n) is 2.96. The number of aryl methyl sites for hydroxylation is 1. The SMILES string of the molecule is NCCc1cc(Cl)ccc1N1CCCc2ccccc21. The Morgan fingerprint density at radius 2 is 1.95 bits per heavy atom. The Hall–Kier alpha value is -1.51. The zero-order valence-corrected chi connectivity index (χ0v) is 12.2. The van der Waals surface area contributed by atoms with Gasteiger partial charge in [0, 0.05) is 22.9 Å². The van der Waals surface area contributed by atoms with E-state index in [-0.39, 0.29) is 0 Å². The Balaban J connectivity index is 2.06. The molecule has 0 aliphatic carbocycles. The van der Waals surface area contributed by atoms with Crippen molar-refractivity contribution in [2.24, 2.45) is 5.73 Å². The first-order chi connectivity index (χ1) is 9.79. The van der Waals surface area contributed by atoms with Gasteiger partial charge < -0.3 is 10.6 Å². The molecule has 1 aliphatic heterocycles. The third kappa shape index (κ3) is 2.54. The zero-order chi connectivity index (χ0) is 13.9. The molecule has 2 aromatic rings. The lowest BCUT2D eigenvalue weighted by Crippen LogP contribution is -2.25. The molecular weight excluding hydrogens is 268 g/mol. The van der Waals surface area contributed by atoms with Gasteiger partial charge in [0.15, 0.2) is 0 Å². The Kier molecular flexibility index (Phi) is 3.95. The molecule has 1 aliphatic rings. The van der Waals surface area contributed by atoms with Gasteiger partial charge in [0.1, 0.15) is 0 Å². The average molecular weight is 287 g/mol. The largest absolute Gasteiger partial charge is 0.341 e. The number of halogens is 1. The maximum absolute atomic E-state index is 6.13. The van der Waals surface area contributed by atoms with Crippen LogP contribution in [0.1, 0.15) is 17.5 Å². The molecular formula is C17H19ClN2. The quantitative estimate of drug-likeness (QED) is 0.926. The molecule has 0 spiro atoms. The molecule has 1 heterocycles. The summed E-state index contributed by atoms with van der Waals surface area (Å²) < 4.78 is 0. The topological polar surface area (TPSA) is 29.3 Å². The Bertz CT molecular complexity index is 610. The van der Waals surface area contributed by atoms with Crippen molar-refractivity contribution in [2.45, 2.75) is 19.3 Å². The molecule has 0 aromatic heterocycles. The number of nitrogens with two attached hydrogens (primary N) is 1. The molecule has 3 heteroatoms. The highest BCUT2D eigenvalue weighted by molar-refractivity contribution is 6.30. The number of hydrogen-bond acceptors (Lipinski definition) is 2. The number of rotatable bonds is 3. The number of para-hydroxylation sites is 1. The van der Waals surface area contributed by atoms with Crippen LogP contribution in [0.5, 0.6) is 0 Å². The molecule has 0 saturated heterocycles. The van der Waals surface area contributed by atoms with Crippen LogP contribution in [0, 0.1) is 0 Å². The Morgan fingerprint density at radius 3 is 2.80 bits per heavy atom. The molecule has 3 rings (SSSR count). The van der Waals surface area contributed by atoms with Gasteiger partial charge in [-0.25, -0.2) is 0 Å². The lowest BCUT2D eigenvalue weighted by atomic mass is 9.99. The van der Waals surface area contributed by atoms with Gasteiger partial charge in [-0.15, -0.1) is 0 Å². The molecule has 0 saturated carbocycles. The van der Waals surface area contributed by atoms with Crippen LogP contribution in [0.4, 0.5) is 11.4 Å². The highest BCUT2D eigenvalue weighted by Crippen LogP contribution is 2.36. The maximum Gasteiger partial charge on any atom is 0.0444 e. The van der Waals surface area contributed by atoms with E-state index in [1.807, 2.05) is 12.1 Å². The van der Waals surface area contributed by atoms with Crippen LogP contribution in [0.25, 0.3) is 0 Å².